The fraction of sp³-hybridized carbons (Fsp3) is 0.250. The van der Waals surface area contributed by atoms with Crippen LogP contribution < -0.4 is 11.1 Å². The predicted molar refractivity (Wildman–Crippen MR) is 61.7 cm³/mol. The molecule has 0 aromatic heterocycles. The van der Waals surface area contributed by atoms with Crippen molar-refractivity contribution >= 4 is 17.3 Å². The number of benzene rings is 1. The molecule has 0 aliphatic heterocycles. The summed E-state index contributed by atoms with van der Waals surface area (Å²) in [6.45, 7) is 3.61. The number of hydrogen-bond donors (Lipinski definition) is 2. The molecule has 3 nitrogen and oxygen atoms in total. The number of unbranched alkanes of at least 4 members (excludes halogenated alkanes) is 1. The Bertz CT molecular complexity index is 347. The van der Waals surface area contributed by atoms with Crippen molar-refractivity contribution in [3.8, 4) is 0 Å². The second-order valence-corrected chi connectivity index (χ2v) is 3.39. The lowest BCUT2D eigenvalue weighted by Gasteiger charge is -2.04. The first kappa shape index (κ1) is 11.5. The smallest absolute Gasteiger partial charge is 0.224 e. The van der Waals surface area contributed by atoms with Crippen LogP contribution in [0.5, 0.6) is 0 Å². The molecule has 0 aliphatic rings. The number of rotatable bonds is 5. The zero-order valence-corrected chi connectivity index (χ0v) is 8.83. The summed E-state index contributed by atoms with van der Waals surface area (Å²) in [7, 11) is 0. The number of allylic oxidation sites excluding steroid dienone is 1. The molecule has 0 atom stereocenters. The fourth-order valence-corrected chi connectivity index (χ4v) is 1.26. The van der Waals surface area contributed by atoms with E-state index >= 15 is 0 Å². The van der Waals surface area contributed by atoms with Gasteiger partial charge in [-0.05, 0) is 18.9 Å². The third-order valence-electron chi connectivity index (χ3n) is 2.10. The molecule has 0 aliphatic carbocycles. The highest BCUT2D eigenvalue weighted by molar-refractivity contribution is 5.92. The van der Waals surface area contributed by atoms with E-state index in [4.69, 9.17) is 0 Å². The maximum atomic E-state index is 11.5. The summed E-state index contributed by atoms with van der Waals surface area (Å²) in [5, 5.41) is 2.83. The number of anilines is 1. The minimum absolute atomic E-state index is 0.0351. The van der Waals surface area contributed by atoms with E-state index in [0.29, 0.717) is 6.42 Å². The van der Waals surface area contributed by atoms with E-state index in [2.05, 4.69) is 17.6 Å². The van der Waals surface area contributed by atoms with Gasteiger partial charge >= 0.3 is 0 Å². The molecule has 1 aromatic rings. The Morgan fingerprint density at radius 1 is 1.47 bits per heavy atom. The monoisotopic (exact) mass is 205 g/mol. The second-order valence-electron chi connectivity index (χ2n) is 3.39. The molecule has 0 unspecified atom stereocenters. The molecule has 1 aromatic carbocycles. The summed E-state index contributed by atoms with van der Waals surface area (Å²) in [5.74, 6) is 0.0351. The van der Waals surface area contributed by atoms with Gasteiger partial charge in [0, 0.05) is 12.5 Å². The van der Waals surface area contributed by atoms with E-state index in [1.807, 2.05) is 30.3 Å². The molecule has 1 amide bonds. The zero-order valence-electron chi connectivity index (χ0n) is 8.83. The first-order valence-electron chi connectivity index (χ1n) is 5.06. The van der Waals surface area contributed by atoms with Crippen molar-refractivity contribution < 1.29 is 10.5 Å². The van der Waals surface area contributed by atoms with Crippen molar-refractivity contribution in [1.29, 1.82) is 0 Å². The van der Waals surface area contributed by atoms with Gasteiger partial charge in [0.2, 0.25) is 5.91 Å². The number of hydrogen-bond acceptors (Lipinski definition) is 1. The van der Waals surface area contributed by atoms with Crippen molar-refractivity contribution in [2.24, 2.45) is 0 Å². The minimum Gasteiger partial charge on any atom is -0.323 e. The summed E-state index contributed by atoms with van der Waals surface area (Å²) in [4.78, 5) is 11.5. The van der Waals surface area contributed by atoms with Crippen LogP contribution in [-0.2, 0) is 4.79 Å². The second kappa shape index (κ2) is 5.98. The maximum Gasteiger partial charge on any atom is 0.224 e. The highest BCUT2D eigenvalue weighted by atomic mass is 16.1. The standard InChI is InChI=1S/C12H16N2O/c1-2-3-4-9-12(15)14-11-8-6-5-7-10(11)13/h2,5-8H,1,3-4,9,13H2,(H,14,15)/p+1. The fourth-order valence-electron chi connectivity index (χ4n) is 1.26. The molecule has 15 heavy (non-hydrogen) atoms. The van der Waals surface area contributed by atoms with E-state index in [9.17, 15) is 4.79 Å². The van der Waals surface area contributed by atoms with Gasteiger partial charge in [-0.15, -0.1) is 6.58 Å². The van der Waals surface area contributed by atoms with Gasteiger partial charge in [-0.3, -0.25) is 4.79 Å². The van der Waals surface area contributed by atoms with Gasteiger partial charge in [0.1, 0.15) is 5.69 Å². The SMILES string of the molecule is C=CCCCC(=O)Nc1ccccc1[NH3+]. The predicted octanol–water partition coefficient (Wildman–Crippen LogP) is 1.85. The molecule has 0 saturated heterocycles. The van der Waals surface area contributed by atoms with Crippen molar-refractivity contribution in [1.82, 2.24) is 0 Å². The van der Waals surface area contributed by atoms with Crippen LogP contribution in [0.1, 0.15) is 19.3 Å². The molecule has 0 heterocycles. The van der Waals surface area contributed by atoms with Crippen LogP contribution >= 0.6 is 0 Å². The number of carbonyl (C=O) groups excluding carboxylic acids is 1. The molecule has 0 spiro atoms. The quantitative estimate of drug-likeness (QED) is 0.559. The topological polar surface area (TPSA) is 56.7 Å². The Balaban J connectivity index is 2.44. The van der Waals surface area contributed by atoms with Crippen LogP contribution in [0.2, 0.25) is 0 Å². The summed E-state index contributed by atoms with van der Waals surface area (Å²) >= 11 is 0. The van der Waals surface area contributed by atoms with E-state index in [1.54, 1.807) is 0 Å². The van der Waals surface area contributed by atoms with Crippen molar-refractivity contribution in [3.63, 3.8) is 0 Å². The van der Waals surface area contributed by atoms with Gasteiger partial charge in [-0.2, -0.15) is 0 Å². The number of para-hydroxylation sites is 1. The lowest BCUT2D eigenvalue weighted by molar-refractivity contribution is -0.253. The molecule has 0 saturated carbocycles. The Labute approximate surface area is 90.0 Å². The number of nitrogens with one attached hydrogen (secondary N) is 1. The van der Waals surface area contributed by atoms with Crippen LogP contribution in [-0.4, -0.2) is 5.91 Å². The molecule has 0 bridgehead atoms. The van der Waals surface area contributed by atoms with Crippen molar-refractivity contribution in [2.75, 3.05) is 5.32 Å². The van der Waals surface area contributed by atoms with Crippen LogP contribution in [0, 0.1) is 0 Å². The van der Waals surface area contributed by atoms with Gasteiger partial charge in [0.25, 0.3) is 0 Å². The Morgan fingerprint density at radius 3 is 2.87 bits per heavy atom. The minimum atomic E-state index is 0.0351. The molecule has 4 N–H and O–H groups in total. The van der Waals surface area contributed by atoms with E-state index in [0.717, 1.165) is 24.2 Å². The Morgan fingerprint density at radius 2 is 2.20 bits per heavy atom. The van der Waals surface area contributed by atoms with E-state index in [-0.39, 0.29) is 5.91 Å². The number of quaternary nitrogens is 1. The van der Waals surface area contributed by atoms with Gasteiger partial charge in [-0.25, -0.2) is 0 Å². The average Bonchev–Trinajstić information content (AvgIpc) is 2.22. The third-order valence-corrected chi connectivity index (χ3v) is 2.10. The molecule has 80 valence electrons. The van der Waals surface area contributed by atoms with Gasteiger partial charge < -0.3 is 11.1 Å². The molecule has 0 radical (unpaired) electrons. The molecule has 1 rings (SSSR count). The Kier molecular flexibility index (Phi) is 4.57. The average molecular weight is 205 g/mol. The van der Waals surface area contributed by atoms with Gasteiger partial charge in [0.05, 0.1) is 0 Å². The van der Waals surface area contributed by atoms with E-state index in [1.165, 1.54) is 0 Å². The first-order chi connectivity index (χ1) is 7.24. The Hall–Kier alpha value is -1.61. The zero-order chi connectivity index (χ0) is 11.1. The summed E-state index contributed by atoms with van der Waals surface area (Å²) in [5.41, 5.74) is 5.47. The van der Waals surface area contributed by atoms with Crippen LogP contribution in [0.15, 0.2) is 36.9 Å². The lowest BCUT2D eigenvalue weighted by atomic mass is 10.2. The maximum absolute atomic E-state index is 11.5. The summed E-state index contributed by atoms with van der Waals surface area (Å²) in [6.07, 6.45) is 4.07. The van der Waals surface area contributed by atoms with Crippen molar-refractivity contribution in [3.05, 3.63) is 36.9 Å². The van der Waals surface area contributed by atoms with Crippen LogP contribution in [0.25, 0.3) is 0 Å². The number of amides is 1. The summed E-state index contributed by atoms with van der Waals surface area (Å²) in [6, 6.07) is 7.51. The third kappa shape index (κ3) is 3.95. The number of carbonyl (C=O) groups is 1. The molecule has 0 fully saturated rings. The molecular formula is C12H17N2O+. The molecular weight excluding hydrogens is 188 g/mol. The first-order valence-corrected chi connectivity index (χ1v) is 5.06. The highest BCUT2D eigenvalue weighted by Crippen LogP contribution is 2.15. The highest BCUT2D eigenvalue weighted by Gasteiger charge is 2.05. The normalized spacial score (nSPS) is 9.67. The summed E-state index contributed by atoms with van der Waals surface area (Å²) < 4.78 is 0. The van der Waals surface area contributed by atoms with Gasteiger partial charge in [-0.1, -0.05) is 18.2 Å². The molecule has 3 heteroatoms. The van der Waals surface area contributed by atoms with Gasteiger partial charge in [0.15, 0.2) is 5.69 Å². The largest absolute Gasteiger partial charge is 0.323 e. The van der Waals surface area contributed by atoms with Crippen molar-refractivity contribution in [2.45, 2.75) is 19.3 Å². The van der Waals surface area contributed by atoms with E-state index < -0.39 is 0 Å². The lowest BCUT2D eigenvalue weighted by Crippen LogP contribution is -2.41. The van der Waals surface area contributed by atoms with Crippen LogP contribution in [0.4, 0.5) is 11.4 Å². The van der Waals surface area contributed by atoms with Crippen LogP contribution in [0.3, 0.4) is 0 Å².